The van der Waals surface area contributed by atoms with E-state index in [0.29, 0.717) is 12.8 Å². The van der Waals surface area contributed by atoms with Crippen LogP contribution in [-0.2, 0) is 9.59 Å². The van der Waals surface area contributed by atoms with Crippen LogP contribution in [0.5, 0.6) is 0 Å². The standard InChI is InChI=1S/C16H24N2O2/c1-3-5-6-7-8-16(20)18-14-11-9-13(10-12-14)17-15(19)4-2/h9-12H,3-8H2,1-2H3,(H,17,19)(H,18,20). The van der Waals surface area contributed by atoms with Crippen molar-refractivity contribution in [1.29, 1.82) is 0 Å². The van der Waals surface area contributed by atoms with E-state index in [2.05, 4.69) is 17.6 Å². The lowest BCUT2D eigenvalue weighted by Gasteiger charge is -2.07. The van der Waals surface area contributed by atoms with Gasteiger partial charge in [-0.2, -0.15) is 0 Å². The van der Waals surface area contributed by atoms with Crippen LogP contribution in [0.1, 0.15) is 52.4 Å². The maximum Gasteiger partial charge on any atom is 0.224 e. The molecule has 2 amide bonds. The monoisotopic (exact) mass is 276 g/mol. The number of unbranched alkanes of at least 4 members (excludes halogenated alkanes) is 3. The van der Waals surface area contributed by atoms with Gasteiger partial charge in [0.1, 0.15) is 0 Å². The van der Waals surface area contributed by atoms with Gasteiger partial charge < -0.3 is 10.6 Å². The van der Waals surface area contributed by atoms with Crippen LogP contribution in [0, 0.1) is 0 Å². The van der Waals surface area contributed by atoms with Gasteiger partial charge in [0, 0.05) is 24.2 Å². The lowest BCUT2D eigenvalue weighted by Crippen LogP contribution is -2.12. The number of carbonyl (C=O) groups is 2. The first kappa shape index (κ1) is 16.2. The van der Waals surface area contributed by atoms with Crippen LogP contribution in [0.4, 0.5) is 11.4 Å². The highest BCUT2D eigenvalue weighted by molar-refractivity contribution is 5.92. The Hall–Kier alpha value is -1.84. The molecule has 0 aliphatic rings. The average Bonchev–Trinajstić information content (AvgIpc) is 2.45. The van der Waals surface area contributed by atoms with Crippen LogP contribution in [0.3, 0.4) is 0 Å². The molecule has 0 bridgehead atoms. The fourth-order valence-electron chi connectivity index (χ4n) is 1.82. The minimum atomic E-state index is -0.0160. The number of hydrogen-bond donors (Lipinski definition) is 2. The molecule has 0 aliphatic carbocycles. The van der Waals surface area contributed by atoms with Crippen molar-refractivity contribution in [2.45, 2.75) is 52.4 Å². The molecule has 20 heavy (non-hydrogen) atoms. The van der Waals surface area contributed by atoms with Gasteiger partial charge in [-0.1, -0.05) is 33.1 Å². The van der Waals surface area contributed by atoms with Gasteiger partial charge in [-0.15, -0.1) is 0 Å². The van der Waals surface area contributed by atoms with E-state index in [1.807, 2.05) is 6.92 Å². The zero-order valence-corrected chi connectivity index (χ0v) is 12.4. The summed E-state index contributed by atoms with van der Waals surface area (Å²) in [6.07, 6.45) is 5.41. The van der Waals surface area contributed by atoms with Crippen LogP contribution in [-0.4, -0.2) is 11.8 Å². The molecule has 1 rings (SSSR count). The van der Waals surface area contributed by atoms with Gasteiger partial charge in [0.15, 0.2) is 0 Å². The van der Waals surface area contributed by atoms with Crippen LogP contribution in [0.15, 0.2) is 24.3 Å². The zero-order valence-electron chi connectivity index (χ0n) is 12.4. The molecule has 0 heterocycles. The average molecular weight is 276 g/mol. The Morgan fingerprint density at radius 1 is 0.850 bits per heavy atom. The summed E-state index contributed by atoms with van der Waals surface area (Å²) in [4.78, 5) is 22.9. The third-order valence-corrected chi connectivity index (χ3v) is 3.03. The third kappa shape index (κ3) is 6.36. The van der Waals surface area contributed by atoms with Crippen LogP contribution in [0.25, 0.3) is 0 Å². The highest BCUT2D eigenvalue weighted by Gasteiger charge is 2.03. The summed E-state index contributed by atoms with van der Waals surface area (Å²) in [7, 11) is 0. The summed E-state index contributed by atoms with van der Waals surface area (Å²) in [6.45, 7) is 3.96. The topological polar surface area (TPSA) is 58.2 Å². The molecule has 0 saturated carbocycles. The molecule has 0 spiro atoms. The maximum absolute atomic E-state index is 11.7. The molecule has 2 N–H and O–H groups in total. The molecule has 0 aromatic heterocycles. The largest absolute Gasteiger partial charge is 0.326 e. The second-order valence-corrected chi connectivity index (χ2v) is 4.84. The van der Waals surface area contributed by atoms with Gasteiger partial charge in [0.2, 0.25) is 11.8 Å². The molecule has 0 saturated heterocycles. The lowest BCUT2D eigenvalue weighted by atomic mass is 10.1. The number of nitrogens with one attached hydrogen (secondary N) is 2. The first-order chi connectivity index (χ1) is 9.65. The number of rotatable bonds is 8. The number of carbonyl (C=O) groups excluding carboxylic acids is 2. The smallest absolute Gasteiger partial charge is 0.224 e. The van der Waals surface area contributed by atoms with Gasteiger partial charge in [-0.05, 0) is 30.7 Å². The van der Waals surface area contributed by atoms with Crippen molar-refractivity contribution in [2.75, 3.05) is 10.6 Å². The highest BCUT2D eigenvalue weighted by Crippen LogP contribution is 2.14. The van der Waals surface area contributed by atoms with Crippen molar-refractivity contribution < 1.29 is 9.59 Å². The Morgan fingerprint density at radius 2 is 1.40 bits per heavy atom. The molecule has 4 nitrogen and oxygen atoms in total. The molecule has 4 heteroatoms. The van der Waals surface area contributed by atoms with Gasteiger partial charge in [0.05, 0.1) is 0 Å². The minimum Gasteiger partial charge on any atom is -0.326 e. The van der Waals surface area contributed by atoms with Crippen LogP contribution < -0.4 is 10.6 Å². The SMILES string of the molecule is CCCCCCC(=O)Nc1ccc(NC(=O)CC)cc1. The van der Waals surface area contributed by atoms with Crippen molar-refractivity contribution in [3.05, 3.63) is 24.3 Å². The molecule has 0 fully saturated rings. The number of hydrogen-bond acceptors (Lipinski definition) is 2. The Balaban J connectivity index is 2.37. The van der Waals surface area contributed by atoms with Crippen LogP contribution >= 0.6 is 0 Å². The first-order valence-electron chi connectivity index (χ1n) is 7.35. The molecule has 1 aromatic rings. The highest BCUT2D eigenvalue weighted by atomic mass is 16.2. The molecular formula is C16H24N2O2. The fraction of sp³-hybridized carbons (Fsp3) is 0.500. The summed E-state index contributed by atoms with van der Waals surface area (Å²) in [5.74, 6) is 0.0316. The molecular weight excluding hydrogens is 252 g/mol. The summed E-state index contributed by atoms with van der Waals surface area (Å²) < 4.78 is 0. The zero-order chi connectivity index (χ0) is 14.8. The van der Waals surface area contributed by atoms with E-state index in [0.717, 1.165) is 24.2 Å². The molecule has 0 atom stereocenters. The molecule has 0 unspecified atom stereocenters. The summed E-state index contributed by atoms with van der Waals surface area (Å²) in [5, 5.41) is 5.63. The molecule has 1 aromatic carbocycles. The fourth-order valence-corrected chi connectivity index (χ4v) is 1.82. The summed E-state index contributed by atoms with van der Waals surface area (Å²) in [5.41, 5.74) is 1.51. The van der Waals surface area contributed by atoms with E-state index in [1.165, 1.54) is 12.8 Å². The quantitative estimate of drug-likeness (QED) is 0.706. The Bertz CT molecular complexity index is 427. The van der Waals surface area contributed by atoms with Crippen molar-refractivity contribution in [1.82, 2.24) is 0 Å². The minimum absolute atomic E-state index is 0.0160. The van der Waals surface area contributed by atoms with Crippen molar-refractivity contribution in [3.8, 4) is 0 Å². The molecule has 0 aliphatic heterocycles. The van der Waals surface area contributed by atoms with Crippen LogP contribution in [0.2, 0.25) is 0 Å². The van der Waals surface area contributed by atoms with E-state index in [4.69, 9.17) is 0 Å². The maximum atomic E-state index is 11.7. The van der Waals surface area contributed by atoms with E-state index in [-0.39, 0.29) is 11.8 Å². The van der Waals surface area contributed by atoms with Gasteiger partial charge in [-0.3, -0.25) is 9.59 Å². The lowest BCUT2D eigenvalue weighted by molar-refractivity contribution is -0.117. The summed E-state index contributed by atoms with van der Waals surface area (Å²) in [6, 6.07) is 7.19. The normalized spacial score (nSPS) is 10.1. The third-order valence-electron chi connectivity index (χ3n) is 3.03. The predicted octanol–water partition coefficient (Wildman–Crippen LogP) is 3.94. The van der Waals surface area contributed by atoms with E-state index < -0.39 is 0 Å². The van der Waals surface area contributed by atoms with Gasteiger partial charge in [0.25, 0.3) is 0 Å². The Kier molecular flexibility index (Phi) is 7.40. The van der Waals surface area contributed by atoms with E-state index in [9.17, 15) is 9.59 Å². The predicted molar refractivity (Wildman–Crippen MR) is 82.8 cm³/mol. The molecule has 0 radical (unpaired) electrons. The van der Waals surface area contributed by atoms with Crippen molar-refractivity contribution in [2.24, 2.45) is 0 Å². The van der Waals surface area contributed by atoms with Crippen molar-refractivity contribution in [3.63, 3.8) is 0 Å². The second kappa shape index (κ2) is 9.13. The number of amides is 2. The summed E-state index contributed by atoms with van der Waals surface area (Å²) >= 11 is 0. The van der Waals surface area contributed by atoms with Gasteiger partial charge in [-0.25, -0.2) is 0 Å². The Labute approximate surface area is 121 Å². The van der Waals surface area contributed by atoms with Crippen molar-refractivity contribution >= 4 is 23.2 Å². The van der Waals surface area contributed by atoms with Gasteiger partial charge >= 0.3 is 0 Å². The van der Waals surface area contributed by atoms with E-state index in [1.54, 1.807) is 24.3 Å². The Morgan fingerprint density at radius 3 is 1.90 bits per heavy atom. The molecule has 110 valence electrons. The number of anilines is 2. The second-order valence-electron chi connectivity index (χ2n) is 4.84. The first-order valence-corrected chi connectivity index (χ1v) is 7.35. The number of benzene rings is 1. The van der Waals surface area contributed by atoms with E-state index >= 15 is 0 Å².